The Balaban J connectivity index is 3.72. The lowest BCUT2D eigenvalue weighted by atomic mass is 9.97. The minimum Gasteiger partial charge on any atom is -0.461 e. The third kappa shape index (κ3) is 5.97. The predicted molar refractivity (Wildman–Crippen MR) is 58.2 cm³/mol. The fraction of sp³-hybridized carbons (Fsp3) is 0.909. The van der Waals surface area contributed by atoms with Crippen LogP contribution in [0.1, 0.15) is 41.0 Å². The highest BCUT2D eigenvalue weighted by Crippen LogP contribution is 2.15. The Kier molecular flexibility index (Phi) is 5.77. The van der Waals surface area contributed by atoms with Crippen molar-refractivity contribution in [2.45, 2.75) is 47.1 Å². The Morgan fingerprint density at radius 3 is 2.43 bits per heavy atom. The van der Waals surface area contributed by atoms with Gasteiger partial charge in [-0.3, -0.25) is 4.79 Å². The number of hydrogen-bond donors (Lipinski definition) is 1. The van der Waals surface area contributed by atoms with Crippen LogP contribution in [0.5, 0.6) is 0 Å². The van der Waals surface area contributed by atoms with Gasteiger partial charge in [0.25, 0.3) is 0 Å². The van der Waals surface area contributed by atoms with Crippen LogP contribution in [0.4, 0.5) is 0 Å². The molecular weight excluding hydrogens is 178 g/mol. The lowest BCUT2D eigenvalue weighted by molar-refractivity contribution is -0.157. The van der Waals surface area contributed by atoms with Crippen molar-refractivity contribution in [3.63, 3.8) is 0 Å². The topological polar surface area (TPSA) is 38.3 Å². The lowest BCUT2D eigenvalue weighted by Gasteiger charge is -2.21. The first-order valence-electron chi connectivity index (χ1n) is 5.29. The predicted octanol–water partition coefficient (Wildman–Crippen LogP) is 1.96. The summed E-state index contributed by atoms with van der Waals surface area (Å²) in [5.41, 5.74) is -0.404. The van der Waals surface area contributed by atoms with Gasteiger partial charge in [-0.05, 0) is 40.7 Å². The molecule has 0 aromatic heterocycles. The smallest absolute Gasteiger partial charge is 0.311 e. The monoisotopic (exact) mass is 201 g/mol. The molecule has 14 heavy (non-hydrogen) atoms. The normalized spacial score (nSPS) is 13.8. The molecule has 0 amide bonds. The zero-order chi connectivity index (χ0) is 11.2. The molecule has 1 atom stereocenters. The highest BCUT2D eigenvalue weighted by atomic mass is 16.5. The van der Waals surface area contributed by atoms with Gasteiger partial charge in [-0.25, -0.2) is 0 Å². The van der Waals surface area contributed by atoms with E-state index >= 15 is 0 Å². The Hall–Kier alpha value is -0.570. The molecule has 0 radical (unpaired) electrons. The van der Waals surface area contributed by atoms with Crippen LogP contribution >= 0.6 is 0 Å². The van der Waals surface area contributed by atoms with E-state index in [0.29, 0.717) is 0 Å². The number of rotatable bonds is 5. The summed E-state index contributed by atoms with van der Waals surface area (Å²) in [6, 6.07) is 0. The molecule has 0 aliphatic heterocycles. The number of hydrogen-bond acceptors (Lipinski definition) is 3. The van der Waals surface area contributed by atoms with Crippen molar-refractivity contribution in [1.82, 2.24) is 5.32 Å². The Morgan fingerprint density at radius 1 is 1.43 bits per heavy atom. The third-order valence-corrected chi connectivity index (χ3v) is 1.78. The van der Waals surface area contributed by atoms with Gasteiger partial charge in [-0.2, -0.15) is 0 Å². The van der Waals surface area contributed by atoms with E-state index in [1.807, 2.05) is 27.7 Å². The minimum absolute atomic E-state index is 0.0479. The van der Waals surface area contributed by atoms with Crippen LogP contribution in [-0.2, 0) is 9.53 Å². The molecule has 0 saturated heterocycles. The van der Waals surface area contributed by atoms with E-state index in [0.717, 1.165) is 19.5 Å². The largest absolute Gasteiger partial charge is 0.461 e. The summed E-state index contributed by atoms with van der Waals surface area (Å²) in [6.07, 6.45) is 1.05. The fourth-order valence-corrected chi connectivity index (χ4v) is 0.883. The van der Waals surface area contributed by atoms with E-state index < -0.39 is 5.41 Å². The molecule has 1 unspecified atom stereocenters. The molecule has 1 N–H and O–H groups in total. The van der Waals surface area contributed by atoms with E-state index in [9.17, 15) is 4.79 Å². The molecule has 0 aliphatic rings. The molecule has 0 fully saturated rings. The first kappa shape index (κ1) is 13.4. The van der Waals surface area contributed by atoms with Gasteiger partial charge in [0.05, 0.1) is 5.41 Å². The fourth-order valence-electron chi connectivity index (χ4n) is 0.883. The summed E-state index contributed by atoms with van der Waals surface area (Å²) in [6.45, 7) is 11.3. The minimum atomic E-state index is -0.404. The maximum atomic E-state index is 11.5. The molecule has 0 bridgehead atoms. The van der Waals surface area contributed by atoms with Crippen molar-refractivity contribution < 1.29 is 9.53 Å². The molecule has 0 aromatic carbocycles. The summed E-state index contributed by atoms with van der Waals surface area (Å²) in [7, 11) is 0. The first-order chi connectivity index (χ1) is 6.38. The lowest BCUT2D eigenvalue weighted by Crippen LogP contribution is -2.33. The van der Waals surface area contributed by atoms with Gasteiger partial charge < -0.3 is 10.1 Å². The quantitative estimate of drug-likeness (QED) is 0.546. The number of carbonyl (C=O) groups excluding carboxylic acids is 1. The Morgan fingerprint density at radius 2 is 2.00 bits per heavy atom. The molecule has 0 aromatic rings. The zero-order valence-corrected chi connectivity index (χ0v) is 10.0. The van der Waals surface area contributed by atoms with Gasteiger partial charge in [-0.1, -0.05) is 6.92 Å². The van der Waals surface area contributed by atoms with Crippen molar-refractivity contribution in [3.8, 4) is 0 Å². The highest BCUT2D eigenvalue weighted by Gasteiger charge is 2.24. The molecule has 0 aliphatic carbocycles. The van der Waals surface area contributed by atoms with Gasteiger partial charge in [0, 0.05) is 6.54 Å². The van der Waals surface area contributed by atoms with Gasteiger partial charge in [0.1, 0.15) is 6.10 Å². The number of ether oxygens (including phenoxy) is 1. The third-order valence-electron chi connectivity index (χ3n) is 1.78. The second kappa shape index (κ2) is 6.02. The maximum Gasteiger partial charge on any atom is 0.311 e. The van der Waals surface area contributed by atoms with Crippen LogP contribution in [-0.4, -0.2) is 25.2 Å². The van der Waals surface area contributed by atoms with Crippen LogP contribution in [0.3, 0.4) is 0 Å². The van der Waals surface area contributed by atoms with Crippen molar-refractivity contribution >= 4 is 5.97 Å². The summed E-state index contributed by atoms with van der Waals surface area (Å²) in [5.74, 6) is -0.136. The molecule has 0 spiro atoms. The van der Waals surface area contributed by atoms with Gasteiger partial charge in [0.15, 0.2) is 0 Å². The van der Waals surface area contributed by atoms with E-state index in [2.05, 4.69) is 12.2 Å². The van der Waals surface area contributed by atoms with E-state index in [1.165, 1.54) is 0 Å². The number of esters is 1. The van der Waals surface area contributed by atoms with Crippen molar-refractivity contribution in [1.29, 1.82) is 0 Å². The second-order valence-electron chi connectivity index (χ2n) is 4.67. The SMILES string of the molecule is CCCNCC(C)OC(=O)C(C)(C)C. The summed E-state index contributed by atoms with van der Waals surface area (Å²) in [5, 5.41) is 3.21. The average molecular weight is 201 g/mol. The summed E-state index contributed by atoms with van der Waals surface area (Å²) >= 11 is 0. The number of carbonyl (C=O) groups is 1. The molecule has 0 rings (SSSR count). The average Bonchev–Trinajstić information content (AvgIpc) is 2.03. The first-order valence-corrected chi connectivity index (χ1v) is 5.29. The van der Waals surface area contributed by atoms with Crippen LogP contribution < -0.4 is 5.32 Å². The molecular formula is C11H23NO2. The maximum absolute atomic E-state index is 11.5. The second-order valence-corrected chi connectivity index (χ2v) is 4.67. The van der Waals surface area contributed by atoms with Crippen molar-refractivity contribution in [3.05, 3.63) is 0 Å². The highest BCUT2D eigenvalue weighted by molar-refractivity contribution is 5.75. The summed E-state index contributed by atoms with van der Waals surface area (Å²) in [4.78, 5) is 11.5. The van der Waals surface area contributed by atoms with Crippen molar-refractivity contribution in [2.24, 2.45) is 5.41 Å². The molecule has 3 nitrogen and oxygen atoms in total. The van der Waals surface area contributed by atoms with Crippen molar-refractivity contribution in [2.75, 3.05) is 13.1 Å². The van der Waals surface area contributed by atoms with E-state index in [-0.39, 0.29) is 12.1 Å². The molecule has 84 valence electrons. The summed E-state index contributed by atoms with van der Waals surface area (Å²) < 4.78 is 5.26. The Labute approximate surface area is 87.2 Å². The van der Waals surface area contributed by atoms with Crippen LogP contribution in [0.2, 0.25) is 0 Å². The van der Waals surface area contributed by atoms with Crippen LogP contribution in [0, 0.1) is 5.41 Å². The van der Waals surface area contributed by atoms with Crippen LogP contribution in [0.15, 0.2) is 0 Å². The molecule has 0 saturated carbocycles. The van der Waals surface area contributed by atoms with Gasteiger partial charge in [-0.15, -0.1) is 0 Å². The number of nitrogens with one attached hydrogen (secondary N) is 1. The molecule has 0 heterocycles. The standard InChI is InChI=1S/C11H23NO2/c1-6-7-12-8-9(2)14-10(13)11(3,4)5/h9,12H,6-8H2,1-5H3. The van der Waals surface area contributed by atoms with E-state index in [4.69, 9.17) is 4.74 Å². The molecule has 3 heteroatoms. The zero-order valence-electron chi connectivity index (χ0n) is 10.0. The van der Waals surface area contributed by atoms with Gasteiger partial charge in [0.2, 0.25) is 0 Å². The van der Waals surface area contributed by atoms with E-state index in [1.54, 1.807) is 0 Å². The van der Waals surface area contributed by atoms with Gasteiger partial charge >= 0.3 is 5.97 Å². The van der Waals surface area contributed by atoms with Crippen LogP contribution in [0.25, 0.3) is 0 Å². The Bertz CT molecular complexity index is 173.